The highest BCUT2D eigenvalue weighted by Gasteiger charge is 2.45. The summed E-state index contributed by atoms with van der Waals surface area (Å²) in [4.78, 5) is 20.8. The van der Waals surface area contributed by atoms with Crippen molar-refractivity contribution in [2.75, 3.05) is 45.8 Å². The summed E-state index contributed by atoms with van der Waals surface area (Å²) in [5, 5.41) is 3.68. The average molecular weight is 519 g/mol. The van der Waals surface area contributed by atoms with E-state index in [1.54, 1.807) is 0 Å². The minimum atomic E-state index is -0.578. The summed E-state index contributed by atoms with van der Waals surface area (Å²) in [6.07, 6.45) is 6.62. The molecule has 37 heavy (non-hydrogen) atoms. The topological polar surface area (TPSA) is 38.8 Å². The molecule has 4 rings (SSSR count). The number of piperazine rings is 1. The zero-order valence-corrected chi connectivity index (χ0v) is 23.6. The molecule has 3 aliphatic rings. The normalized spacial score (nSPS) is 25.7. The van der Waals surface area contributed by atoms with Crippen LogP contribution in [0.3, 0.4) is 0 Å². The van der Waals surface area contributed by atoms with E-state index in [-0.39, 0.29) is 23.3 Å². The molecule has 2 heterocycles. The van der Waals surface area contributed by atoms with Crippen LogP contribution in [-0.4, -0.2) is 84.0 Å². The fourth-order valence-corrected chi connectivity index (χ4v) is 6.70. The highest BCUT2D eigenvalue weighted by Crippen LogP contribution is 2.39. The van der Waals surface area contributed by atoms with Gasteiger partial charge >= 0.3 is 0 Å². The third-order valence-electron chi connectivity index (χ3n) is 8.97. The summed E-state index contributed by atoms with van der Waals surface area (Å²) < 4.78 is 28.5. The number of nitrogens with one attached hydrogen (secondary N) is 1. The van der Waals surface area contributed by atoms with E-state index in [2.05, 4.69) is 49.7 Å². The van der Waals surface area contributed by atoms with E-state index in [1.165, 1.54) is 44.2 Å². The van der Waals surface area contributed by atoms with Crippen LogP contribution < -0.4 is 5.32 Å². The molecule has 0 spiro atoms. The lowest BCUT2D eigenvalue weighted by Crippen LogP contribution is -2.57. The minimum Gasteiger partial charge on any atom is -0.340 e. The number of hydrogen-bond acceptors (Lipinski definition) is 4. The van der Waals surface area contributed by atoms with E-state index >= 15 is 0 Å². The van der Waals surface area contributed by atoms with Gasteiger partial charge in [-0.3, -0.25) is 14.6 Å². The van der Waals surface area contributed by atoms with E-state index in [1.807, 2.05) is 4.90 Å². The second-order valence-electron chi connectivity index (χ2n) is 12.8. The number of likely N-dealkylation sites (tertiary alicyclic amines) is 1. The highest BCUT2D eigenvalue weighted by molar-refractivity contribution is 5.81. The minimum absolute atomic E-state index is 0.120. The van der Waals surface area contributed by atoms with Crippen LogP contribution in [0.1, 0.15) is 78.2 Å². The molecule has 1 saturated carbocycles. The summed E-state index contributed by atoms with van der Waals surface area (Å²) in [6, 6.07) is 4.78. The van der Waals surface area contributed by atoms with Gasteiger partial charge in [-0.05, 0) is 51.2 Å². The molecule has 3 atom stereocenters. The summed E-state index contributed by atoms with van der Waals surface area (Å²) in [6.45, 7) is 16.2. The van der Waals surface area contributed by atoms with Crippen LogP contribution in [0.15, 0.2) is 18.2 Å². The number of benzene rings is 1. The molecule has 208 valence electrons. The van der Waals surface area contributed by atoms with Crippen LogP contribution in [-0.2, 0) is 4.79 Å². The Balaban J connectivity index is 1.45. The number of halogens is 2. The smallest absolute Gasteiger partial charge is 0.227 e. The highest BCUT2D eigenvalue weighted by atomic mass is 19.1. The number of nitrogens with zero attached hydrogens (tertiary/aromatic N) is 3. The molecule has 1 aromatic carbocycles. The first kappa shape index (κ1) is 28.4. The molecule has 0 aromatic heterocycles. The van der Waals surface area contributed by atoms with Crippen LogP contribution in [0.4, 0.5) is 8.78 Å². The van der Waals surface area contributed by atoms with Crippen molar-refractivity contribution in [1.82, 2.24) is 20.0 Å². The maximum Gasteiger partial charge on any atom is 0.227 e. The summed E-state index contributed by atoms with van der Waals surface area (Å²) in [5.74, 6) is -0.863. The Morgan fingerprint density at radius 1 is 1.03 bits per heavy atom. The Hall–Kier alpha value is -1.57. The number of rotatable bonds is 7. The molecule has 7 heteroatoms. The second kappa shape index (κ2) is 12.1. The van der Waals surface area contributed by atoms with Gasteiger partial charge in [0.2, 0.25) is 5.91 Å². The third kappa shape index (κ3) is 6.90. The quantitative estimate of drug-likeness (QED) is 0.559. The van der Waals surface area contributed by atoms with Crippen LogP contribution >= 0.6 is 0 Å². The molecule has 2 saturated heterocycles. The largest absolute Gasteiger partial charge is 0.340 e. The molecule has 5 nitrogen and oxygen atoms in total. The summed E-state index contributed by atoms with van der Waals surface area (Å²) in [7, 11) is 0. The van der Waals surface area contributed by atoms with Gasteiger partial charge in [0.15, 0.2) is 0 Å². The number of carbonyl (C=O) groups is 1. The maximum absolute atomic E-state index is 14.9. The van der Waals surface area contributed by atoms with Crippen molar-refractivity contribution in [3.63, 3.8) is 0 Å². The molecule has 0 bridgehead atoms. The van der Waals surface area contributed by atoms with Crippen LogP contribution in [0, 0.1) is 23.5 Å². The van der Waals surface area contributed by atoms with Crippen molar-refractivity contribution in [1.29, 1.82) is 0 Å². The Kier molecular flexibility index (Phi) is 9.29. The first-order valence-electron chi connectivity index (χ1n) is 14.5. The van der Waals surface area contributed by atoms with E-state index in [9.17, 15) is 13.6 Å². The van der Waals surface area contributed by atoms with Gasteiger partial charge in [-0.25, -0.2) is 8.78 Å². The molecule has 1 aliphatic carbocycles. The van der Waals surface area contributed by atoms with Crippen molar-refractivity contribution >= 4 is 5.91 Å². The lowest BCUT2D eigenvalue weighted by molar-refractivity contribution is -0.138. The first-order chi connectivity index (χ1) is 17.5. The maximum atomic E-state index is 14.9. The van der Waals surface area contributed by atoms with Crippen molar-refractivity contribution in [3.05, 3.63) is 35.4 Å². The lowest BCUT2D eigenvalue weighted by atomic mass is 9.82. The fourth-order valence-electron chi connectivity index (χ4n) is 6.70. The predicted octanol–water partition coefficient (Wildman–Crippen LogP) is 4.87. The lowest BCUT2D eigenvalue weighted by Gasteiger charge is -2.44. The molecule has 0 radical (unpaired) electrons. The number of carbonyl (C=O) groups excluding carboxylic acids is 1. The molecule has 2 aliphatic heterocycles. The van der Waals surface area contributed by atoms with Crippen molar-refractivity contribution < 1.29 is 13.6 Å². The Morgan fingerprint density at radius 2 is 1.70 bits per heavy atom. The van der Waals surface area contributed by atoms with Gasteiger partial charge < -0.3 is 10.2 Å². The van der Waals surface area contributed by atoms with Crippen molar-refractivity contribution in [2.24, 2.45) is 11.8 Å². The molecular weight excluding hydrogens is 470 g/mol. The van der Waals surface area contributed by atoms with Crippen molar-refractivity contribution in [3.8, 4) is 0 Å². The van der Waals surface area contributed by atoms with Gasteiger partial charge in [0.1, 0.15) is 11.6 Å². The van der Waals surface area contributed by atoms with Crippen LogP contribution in [0.2, 0.25) is 0 Å². The molecule has 3 fully saturated rings. The molecule has 1 amide bonds. The molecule has 1 unspecified atom stereocenters. The summed E-state index contributed by atoms with van der Waals surface area (Å²) >= 11 is 0. The first-order valence-corrected chi connectivity index (χ1v) is 14.5. The second-order valence-corrected chi connectivity index (χ2v) is 12.8. The van der Waals surface area contributed by atoms with Crippen molar-refractivity contribution in [2.45, 2.75) is 90.3 Å². The van der Waals surface area contributed by atoms with Gasteiger partial charge in [-0.2, -0.15) is 0 Å². The Bertz CT molecular complexity index is 903. The van der Waals surface area contributed by atoms with E-state index in [0.29, 0.717) is 43.8 Å². The molecule has 1 aromatic rings. The third-order valence-corrected chi connectivity index (χ3v) is 8.97. The van der Waals surface area contributed by atoms with Gasteiger partial charge in [0.05, 0.1) is 5.92 Å². The SMILES string of the molecule is CC(C)NCC(C1CCCCC1)N1CCN(C(=O)[C@@H]2CN(C(C)(C)C)C[C@H]2c2ccc(F)cc2F)CC1. The van der Waals surface area contributed by atoms with Gasteiger partial charge in [-0.15, -0.1) is 0 Å². The number of hydrogen-bond donors (Lipinski definition) is 1. The monoisotopic (exact) mass is 518 g/mol. The Labute approximate surface area is 222 Å². The Morgan fingerprint density at radius 3 is 2.30 bits per heavy atom. The molecule has 1 N–H and O–H groups in total. The zero-order valence-electron chi connectivity index (χ0n) is 23.6. The zero-order chi connectivity index (χ0) is 26.7. The van der Waals surface area contributed by atoms with Gasteiger partial charge in [0, 0.05) is 75.4 Å². The van der Waals surface area contributed by atoms with E-state index in [0.717, 1.165) is 31.6 Å². The predicted molar refractivity (Wildman–Crippen MR) is 146 cm³/mol. The number of amides is 1. The molecular formula is C30H48F2N4O. The van der Waals surface area contributed by atoms with Gasteiger partial charge in [0.25, 0.3) is 0 Å². The van der Waals surface area contributed by atoms with Crippen LogP contribution in [0.25, 0.3) is 0 Å². The van der Waals surface area contributed by atoms with Gasteiger partial charge in [-0.1, -0.05) is 39.2 Å². The fraction of sp³-hybridized carbons (Fsp3) is 0.767. The summed E-state index contributed by atoms with van der Waals surface area (Å²) in [5.41, 5.74) is 0.335. The van der Waals surface area contributed by atoms with E-state index in [4.69, 9.17) is 0 Å². The van der Waals surface area contributed by atoms with E-state index < -0.39 is 11.6 Å². The standard InChI is InChI=1S/C30H48F2N4O/c1-21(2)33-18-28(22-9-7-6-8-10-22)34-13-15-35(16-14-34)29(37)26-20-36(30(3,4)5)19-25(26)24-12-11-23(31)17-27(24)32/h11-12,17,21-22,25-26,28,33H,6-10,13-16,18-20H2,1-5H3/t25-,26+,28?/m0/s1. The van der Waals surface area contributed by atoms with Crippen LogP contribution in [0.5, 0.6) is 0 Å². The average Bonchev–Trinajstić information content (AvgIpc) is 3.30.